The van der Waals surface area contributed by atoms with Crippen molar-refractivity contribution in [2.45, 2.75) is 39.2 Å². The lowest BCUT2D eigenvalue weighted by atomic mass is 9.98. The number of nitrogens with two attached hydrogens (primary N) is 1. The molecule has 16 heavy (non-hydrogen) atoms. The molecular formula is C13H21FN2. The maximum atomic E-state index is 13.0. The molecule has 0 aromatic heterocycles. The fourth-order valence-corrected chi connectivity index (χ4v) is 1.73. The fraction of sp³-hybridized carbons (Fsp3) is 0.538. The molecule has 1 unspecified atom stereocenters. The predicted molar refractivity (Wildman–Crippen MR) is 65.3 cm³/mol. The Labute approximate surface area is 97.0 Å². The Balaban J connectivity index is 2.49. The van der Waals surface area contributed by atoms with E-state index in [-0.39, 0.29) is 11.9 Å². The van der Waals surface area contributed by atoms with Crippen LogP contribution in [0.1, 0.15) is 32.3 Å². The van der Waals surface area contributed by atoms with Gasteiger partial charge in [0.05, 0.1) is 0 Å². The summed E-state index contributed by atoms with van der Waals surface area (Å²) in [5.74, 6) is 5.99. The molecule has 0 aliphatic rings. The monoisotopic (exact) mass is 224 g/mol. The van der Waals surface area contributed by atoms with Crippen LogP contribution in [0.3, 0.4) is 0 Å². The number of hydrazine groups is 1. The van der Waals surface area contributed by atoms with Crippen LogP contribution in [0.4, 0.5) is 4.39 Å². The van der Waals surface area contributed by atoms with Gasteiger partial charge in [0.2, 0.25) is 0 Å². The highest BCUT2D eigenvalue weighted by molar-refractivity contribution is 5.17. The average Bonchev–Trinajstić information content (AvgIpc) is 2.24. The largest absolute Gasteiger partial charge is 0.271 e. The van der Waals surface area contributed by atoms with Gasteiger partial charge >= 0.3 is 0 Å². The number of benzene rings is 1. The summed E-state index contributed by atoms with van der Waals surface area (Å²) in [7, 11) is 0. The van der Waals surface area contributed by atoms with Crippen molar-refractivity contribution in [2.24, 2.45) is 11.8 Å². The molecule has 3 N–H and O–H groups in total. The van der Waals surface area contributed by atoms with Crippen molar-refractivity contribution < 1.29 is 4.39 Å². The molecule has 0 fully saturated rings. The summed E-state index contributed by atoms with van der Waals surface area (Å²) in [5, 5.41) is 0. The summed E-state index contributed by atoms with van der Waals surface area (Å²) in [6.07, 6.45) is 2.93. The molecule has 0 aliphatic heterocycles. The van der Waals surface area contributed by atoms with Gasteiger partial charge in [-0.3, -0.25) is 11.3 Å². The van der Waals surface area contributed by atoms with E-state index >= 15 is 0 Å². The van der Waals surface area contributed by atoms with Crippen molar-refractivity contribution in [3.05, 3.63) is 35.6 Å². The van der Waals surface area contributed by atoms with Crippen LogP contribution in [-0.4, -0.2) is 6.04 Å². The van der Waals surface area contributed by atoms with E-state index < -0.39 is 0 Å². The van der Waals surface area contributed by atoms with E-state index in [2.05, 4.69) is 19.3 Å². The zero-order chi connectivity index (χ0) is 12.0. The van der Waals surface area contributed by atoms with Crippen LogP contribution in [0.2, 0.25) is 0 Å². The maximum absolute atomic E-state index is 13.0. The minimum absolute atomic E-state index is 0.183. The molecule has 2 nitrogen and oxygen atoms in total. The van der Waals surface area contributed by atoms with E-state index in [1.807, 2.05) is 6.07 Å². The van der Waals surface area contributed by atoms with Gasteiger partial charge in [-0.05, 0) is 42.9 Å². The predicted octanol–water partition coefficient (Wildman–Crippen LogP) is 2.64. The number of hydrogen-bond donors (Lipinski definition) is 2. The second-order valence-corrected chi connectivity index (χ2v) is 4.67. The summed E-state index contributed by atoms with van der Waals surface area (Å²) >= 11 is 0. The van der Waals surface area contributed by atoms with E-state index in [1.54, 1.807) is 12.1 Å². The van der Waals surface area contributed by atoms with Crippen molar-refractivity contribution in [2.75, 3.05) is 0 Å². The fourth-order valence-electron chi connectivity index (χ4n) is 1.73. The minimum Gasteiger partial charge on any atom is -0.271 e. The quantitative estimate of drug-likeness (QED) is 0.576. The number of halogens is 1. The van der Waals surface area contributed by atoms with Gasteiger partial charge in [-0.15, -0.1) is 0 Å². The van der Waals surface area contributed by atoms with Crippen molar-refractivity contribution in [1.82, 2.24) is 5.43 Å². The van der Waals surface area contributed by atoms with E-state index in [4.69, 9.17) is 5.84 Å². The Hall–Kier alpha value is -0.930. The van der Waals surface area contributed by atoms with Crippen molar-refractivity contribution in [3.8, 4) is 0 Å². The molecule has 0 bridgehead atoms. The van der Waals surface area contributed by atoms with E-state index in [9.17, 15) is 4.39 Å². The first-order chi connectivity index (χ1) is 7.61. The lowest BCUT2D eigenvalue weighted by Gasteiger charge is -2.17. The Kier molecular flexibility index (Phi) is 5.43. The Morgan fingerprint density at radius 2 is 2.06 bits per heavy atom. The molecule has 1 rings (SSSR count). The standard InChI is InChI=1S/C13H21FN2/c1-10(2)6-7-13(16-15)9-11-4-3-5-12(14)8-11/h3-5,8,10,13,16H,6-7,9,15H2,1-2H3. The number of hydrogen-bond acceptors (Lipinski definition) is 2. The lowest BCUT2D eigenvalue weighted by molar-refractivity contribution is 0.434. The number of nitrogens with one attached hydrogen (secondary N) is 1. The Morgan fingerprint density at radius 1 is 1.31 bits per heavy atom. The topological polar surface area (TPSA) is 38.0 Å². The van der Waals surface area contributed by atoms with Gasteiger partial charge < -0.3 is 0 Å². The molecular weight excluding hydrogens is 203 g/mol. The highest BCUT2D eigenvalue weighted by atomic mass is 19.1. The zero-order valence-corrected chi connectivity index (χ0v) is 10.0. The summed E-state index contributed by atoms with van der Waals surface area (Å²) in [4.78, 5) is 0. The van der Waals surface area contributed by atoms with Crippen LogP contribution in [0.15, 0.2) is 24.3 Å². The summed E-state index contributed by atoms with van der Waals surface area (Å²) in [5.41, 5.74) is 3.80. The first-order valence-corrected chi connectivity index (χ1v) is 5.82. The minimum atomic E-state index is -0.183. The molecule has 0 saturated heterocycles. The maximum Gasteiger partial charge on any atom is 0.123 e. The molecule has 0 spiro atoms. The first kappa shape index (κ1) is 13.1. The van der Waals surface area contributed by atoms with Gasteiger partial charge in [-0.2, -0.15) is 0 Å². The Morgan fingerprint density at radius 3 is 2.62 bits per heavy atom. The van der Waals surface area contributed by atoms with Gasteiger partial charge in [0, 0.05) is 6.04 Å². The van der Waals surface area contributed by atoms with Gasteiger partial charge in [0.1, 0.15) is 5.82 Å². The van der Waals surface area contributed by atoms with Crippen LogP contribution in [0, 0.1) is 11.7 Å². The molecule has 0 amide bonds. The third-order valence-corrected chi connectivity index (χ3v) is 2.70. The van der Waals surface area contributed by atoms with Crippen molar-refractivity contribution in [1.29, 1.82) is 0 Å². The third kappa shape index (κ3) is 4.73. The van der Waals surface area contributed by atoms with E-state index in [1.165, 1.54) is 6.07 Å². The van der Waals surface area contributed by atoms with E-state index in [0.29, 0.717) is 5.92 Å². The van der Waals surface area contributed by atoms with Crippen molar-refractivity contribution in [3.63, 3.8) is 0 Å². The van der Waals surface area contributed by atoms with Crippen LogP contribution >= 0.6 is 0 Å². The SMILES string of the molecule is CC(C)CCC(Cc1cccc(F)c1)NN. The molecule has 0 saturated carbocycles. The first-order valence-electron chi connectivity index (χ1n) is 5.82. The van der Waals surface area contributed by atoms with Crippen molar-refractivity contribution >= 4 is 0 Å². The molecule has 90 valence electrons. The van der Waals surface area contributed by atoms with Gasteiger partial charge in [0.25, 0.3) is 0 Å². The molecule has 1 aromatic rings. The second-order valence-electron chi connectivity index (χ2n) is 4.67. The van der Waals surface area contributed by atoms with E-state index in [0.717, 1.165) is 24.8 Å². The van der Waals surface area contributed by atoms with Crippen LogP contribution in [0.5, 0.6) is 0 Å². The molecule has 0 heterocycles. The molecule has 3 heteroatoms. The highest BCUT2D eigenvalue weighted by Crippen LogP contribution is 2.12. The summed E-state index contributed by atoms with van der Waals surface area (Å²) in [6.45, 7) is 4.38. The third-order valence-electron chi connectivity index (χ3n) is 2.70. The van der Waals surface area contributed by atoms with Gasteiger partial charge in [0.15, 0.2) is 0 Å². The molecule has 1 aromatic carbocycles. The zero-order valence-electron chi connectivity index (χ0n) is 10.0. The smallest absolute Gasteiger partial charge is 0.123 e. The highest BCUT2D eigenvalue weighted by Gasteiger charge is 2.09. The van der Waals surface area contributed by atoms with Crippen LogP contribution < -0.4 is 11.3 Å². The average molecular weight is 224 g/mol. The second kappa shape index (κ2) is 6.61. The number of rotatable bonds is 6. The Bertz CT molecular complexity index is 313. The van der Waals surface area contributed by atoms with Gasteiger partial charge in [-0.25, -0.2) is 4.39 Å². The van der Waals surface area contributed by atoms with Gasteiger partial charge in [-0.1, -0.05) is 26.0 Å². The molecule has 1 atom stereocenters. The van der Waals surface area contributed by atoms with Crippen LogP contribution in [-0.2, 0) is 6.42 Å². The van der Waals surface area contributed by atoms with Crippen LogP contribution in [0.25, 0.3) is 0 Å². The lowest BCUT2D eigenvalue weighted by Crippen LogP contribution is -2.37. The summed E-state index contributed by atoms with van der Waals surface area (Å²) < 4.78 is 13.0. The molecule has 0 radical (unpaired) electrons. The summed E-state index contributed by atoms with van der Waals surface area (Å²) in [6, 6.07) is 6.93. The normalized spacial score (nSPS) is 13.1. The molecule has 0 aliphatic carbocycles.